The number of esters is 1. The summed E-state index contributed by atoms with van der Waals surface area (Å²) in [7, 11) is -4.11. The van der Waals surface area contributed by atoms with Gasteiger partial charge in [-0.2, -0.15) is 8.42 Å². The second kappa shape index (κ2) is 8.24. The van der Waals surface area contributed by atoms with Crippen LogP contribution in [-0.2, 0) is 28.6 Å². The summed E-state index contributed by atoms with van der Waals surface area (Å²) in [5, 5.41) is 0. The van der Waals surface area contributed by atoms with Gasteiger partial charge in [0.25, 0.3) is 10.1 Å². The van der Waals surface area contributed by atoms with Gasteiger partial charge in [-0.15, -0.1) is 0 Å². The predicted molar refractivity (Wildman–Crippen MR) is 119 cm³/mol. The number of aryl methyl sites for hydroxylation is 1. The highest BCUT2D eigenvalue weighted by Gasteiger charge is 2.60. The fourth-order valence-electron chi connectivity index (χ4n) is 6.36. The smallest absolute Gasteiger partial charge is 0.322 e. The van der Waals surface area contributed by atoms with Crippen LogP contribution in [0.4, 0.5) is 0 Å². The van der Waals surface area contributed by atoms with Crippen molar-refractivity contribution in [2.45, 2.75) is 76.7 Å². The quantitative estimate of drug-likeness (QED) is 0.322. The normalized spacial score (nSPS) is 33.0. The number of hydrogen-bond donors (Lipinski definition) is 0. The molecule has 6 nitrogen and oxygen atoms in total. The van der Waals surface area contributed by atoms with E-state index in [2.05, 4.69) is 6.92 Å². The molecule has 4 fully saturated rings. The number of carbonyl (C=O) groups is 2. The van der Waals surface area contributed by atoms with E-state index in [0.29, 0.717) is 18.3 Å². The Kier molecular flexibility index (Phi) is 6.04. The van der Waals surface area contributed by atoms with E-state index in [0.717, 1.165) is 43.1 Å². The van der Waals surface area contributed by atoms with Gasteiger partial charge in [0.1, 0.15) is 16.8 Å². The van der Waals surface area contributed by atoms with E-state index in [-0.39, 0.29) is 4.90 Å². The molecule has 5 rings (SSSR count). The standard InChI is InChI=1S/C25H34O6S/c1-5-25(20-11-18-10-19(13-20)14-21(25)12-18)31-23(27)24(4,17(3)26)15-30-32(28,29)22-8-6-16(2)7-9-22/h6-9,18-21H,5,10-15H2,1-4H3. The molecule has 0 spiro atoms. The number of Topliss-reactive ketones (excluding diaryl/α,β-unsaturated/α-hetero) is 1. The monoisotopic (exact) mass is 462 g/mol. The number of benzene rings is 1. The Morgan fingerprint density at radius 2 is 1.56 bits per heavy atom. The lowest BCUT2D eigenvalue weighted by Gasteiger charge is -2.60. The summed E-state index contributed by atoms with van der Waals surface area (Å²) >= 11 is 0. The van der Waals surface area contributed by atoms with E-state index >= 15 is 0 Å². The first kappa shape index (κ1) is 23.4. The summed E-state index contributed by atoms with van der Waals surface area (Å²) in [4.78, 5) is 26.0. The van der Waals surface area contributed by atoms with Crippen molar-refractivity contribution in [1.29, 1.82) is 0 Å². The molecule has 4 bridgehead atoms. The average Bonchev–Trinajstić information content (AvgIpc) is 2.74. The molecular weight excluding hydrogens is 428 g/mol. The van der Waals surface area contributed by atoms with Crippen molar-refractivity contribution >= 4 is 21.9 Å². The fourth-order valence-corrected chi connectivity index (χ4v) is 7.35. The zero-order chi connectivity index (χ0) is 23.3. The van der Waals surface area contributed by atoms with Crippen molar-refractivity contribution in [3.05, 3.63) is 29.8 Å². The first-order valence-corrected chi connectivity index (χ1v) is 13.1. The molecule has 176 valence electrons. The maximum atomic E-state index is 13.4. The number of ketones is 1. The van der Waals surface area contributed by atoms with Gasteiger partial charge in [0.2, 0.25) is 0 Å². The molecule has 4 saturated carbocycles. The molecule has 1 atom stereocenters. The fraction of sp³-hybridized carbons (Fsp3) is 0.680. The van der Waals surface area contributed by atoms with Crippen LogP contribution >= 0.6 is 0 Å². The number of carbonyl (C=O) groups excluding carboxylic acids is 2. The van der Waals surface area contributed by atoms with E-state index in [4.69, 9.17) is 8.92 Å². The van der Waals surface area contributed by atoms with Crippen LogP contribution in [0.1, 0.15) is 64.9 Å². The Balaban J connectivity index is 1.53. The van der Waals surface area contributed by atoms with E-state index in [1.165, 1.54) is 32.4 Å². The Hall–Kier alpha value is -1.73. The Bertz CT molecular complexity index is 968. The molecule has 0 aromatic heterocycles. The molecule has 0 heterocycles. The maximum Gasteiger partial charge on any atom is 0.322 e. The third-order valence-electron chi connectivity index (χ3n) is 8.40. The lowest BCUT2D eigenvalue weighted by Crippen LogP contribution is -2.60. The summed E-state index contributed by atoms with van der Waals surface area (Å²) in [6.07, 6.45) is 6.29. The van der Waals surface area contributed by atoms with Crippen LogP contribution in [-0.4, -0.2) is 32.4 Å². The molecule has 1 unspecified atom stereocenters. The van der Waals surface area contributed by atoms with Crippen molar-refractivity contribution in [1.82, 2.24) is 0 Å². The van der Waals surface area contributed by atoms with Gasteiger partial charge in [-0.25, -0.2) is 0 Å². The Morgan fingerprint density at radius 1 is 1.03 bits per heavy atom. The predicted octanol–water partition coefficient (Wildman–Crippen LogP) is 4.44. The summed E-state index contributed by atoms with van der Waals surface area (Å²) < 4.78 is 36.8. The van der Waals surface area contributed by atoms with Crippen LogP contribution in [0, 0.1) is 36.0 Å². The van der Waals surface area contributed by atoms with Crippen molar-refractivity contribution in [2.24, 2.45) is 29.1 Å². The highest BCUT2D eigenvalue weighted by Crippen LogP contribution is 2.61. The van der Waals surface area contributed by atoms with E-state index in [9.17, 15) is 18.0 Å². The molecule has 4 aliphatic carbocycles. The van der Waals surface area contributed by atoms with Crippen LogP contribution in [0.3, 0.4) is 0 Å². The molecule has 1 aromatic rings. The summed E-state index contributed by atoms with van der Waals surface area (Å²) in [6.45, 7) is 6.06. The highest BCUT2D eigenvalue weighted by atomic mass is 32.2. The molecule has 0 aliphatic heterocycles. The molecule has 7 heteroatoms. The van der Waals surface area contributed by atoms with Gasteiger partial charge in [-0.1, -0.05) is 24.6 Å². The van der Waals surface area contributed by atoms with Crippen molar-refractivity contribution in [3.8, 4) is 0 Å². The van der Waals surface area contributed by atoms with Gasteiger partial charge in [0.15, 0.2) is 0 Å². The second-order valence-electron chi connectivity index (χ2n) is 10.4. The lowest BCUT2D eigenvalue weighted by molar-refractivity contribution is -0.219. The zero-order valence-corrected chi connectivity index (χ0v) is 20.2. The minimum Gasteiger partial charge on any atom is -0.458 e. The summed E-state index contributed by atoms with van der Waals surface area (Å²) in [6, 6.07) is 6.25. The highest BCUT2D eigenvalue weighted by molar-refractivity contribution is 7.86. The minimum absolute atomic E-state index is 0.00608. The summed E-state index contributed by atoms with van der Waals surface area (Å²) in [5.74, 6) is 0.952. The topological polar surface area (TPSA) is 86.7 Å². The first-order chi connectivity index (χ1) is 15.0. The number of hydrogen-bond acceptors (Lipinski definition) is 6. The molecule has 0 radical (unpaired) electrons. The van der Waals surface area contributed by atoms with E-state index in [1.807, 2.05) is 6.92 Å². The van der Waals surface area contributed by atoms with Crippen LogP contribution in [0.5, 0.6) is 0 Å². The first-order valence-electron chi connectivity index (χ1n) is 11.7. The lowest BCUT2D eigenvalue weighted by atomic mass is 9.49. The Morgan fingerprint density at radius 3 is 2.03 bits per heavy atom. The van der Waals surface area contributed by atoms with Gasteiger partial charge in [0, 0.05) is 0 Å². The minimum atomic E-state index is -4.11. The molecule has 32 heavy (non-hydrogen) atoms. The third-order valence-corrected chi connectivity index (χ3v) is 9.67. The van der Waals surface area contributed by atoms with Crippen LogP contribution in [0.2, 0.25) is 0 Å². The molecule has 0 saturated heterocycles. The average molecular weight is 463 g/mol. The Labute approximate surface area is 191 Å². The van der Waals surface area contributed by atoms with Gasteiger partial charge >= 0.3 is 5.97 Å². The molecular formula is C25H34O6S. The third kappa shape index (κ3) is 3.92. The van der Waals surface area contributed by atoms with Crippen LogP contribution < -0.4 is 0 Å². The van der Waals surface area contributed by atoms with Crippen molar-refractivity contribution in [2.75, 3.05) is 6.61 Å². The van der Waals surface area contributed by atoms with Gasteiger partial charge in [-0.05, 0) is 95.1 Å². The maximum absolute atomic E-state index is 13.4. The van der Waals surface area contributed by atoms with Crippen LogP contribution in [0.15, 0.2) is 29.2 Å². The SMILES string of the molecule is CCC1(OC(=O)C(C)(COS(=O)(=O)c2ccc(C)cc2)C(C)=O)C2CC3CC(C2)CC1C3. The molecule has 0 amide bonds. The number of rotatable bonds is 8. The largest absolute Gasteiger partial charge is 0.458 e. The van der Waals surface area contributed by atoms with Crippen molar-refractivity contribution < 1.29 is 26.9 Å². The molecule has 4 aliphatic rings. The second-order valence-corrected chi connectivity index (χ2v) is 12.0. The van der Waals surface area contributed by atoms with E-state index < -0.39 is 39.5 Å². The van der Waals surface area contributed by atoms with E-state index in [1.54, 1.807) is 12.1 Å². The molecule has 0 N–H and O–H groups in total. The van der Waals surface area contributed by atoms with Crippen LogP contribution in [0.25, 0.3) is 0 Å². The van der Waals surface area contributed by atoms with Gasteiger partial charge in [-0.3, -0.25) is 13.8 Å². The molecule has 1 aromatic carbocycles. The number of ether oxygens (including phenoxy) is 1. The summed E-state index contributed by atoms with van der Waals surface area (Å²) in [5.41, 5.74) is -1.33. The zero-order valence-electron chi connectivity index (χ0n) is 19.4. The van der Waals surface area contributed by atoms with Gasteiger partial charge in [0.05, 0.1) is 11.5 Å². The van der Waals surface area contributed by atoms with Gasteiger partial charge < -0.3 is 4.74 Å². The van der Waals surface area contributed by atoms with Crippen molar-refractivity contribution in [3.63, 3.8) is 0 Å².